The quantitative estimate of drug-likeness (QED) is 0.706. The third kappa shape index (κ3) is 3.63. The Labute approximate surface area is 130 Å². The van der Waals surface area contributed by atoms with E-state index in [4.69, 9.17) is 23.2 Å². The van der Waals surface area contributed by atoms with Crippen molar-refractivity contribution < 1.29 is 13.2 Å². The van der Waals surface area contributed by atoms with Gasteiger partial charge in [0.1, 0.15) is 0 Å². The summed E-state index contributed by atoms with van der Waals surface area (Å²) in [6.07, 6.45) is -4.48. The maximum atomic E-state index is 13.0. The number of benzene rings is 2. The van der Waals surface area contributed by atoms with Gasteiger partial charge in [-0.1, -0.05) is 47.5 Å². The maximum absolute atomic E-state index is 13.0. The second-order valence-corrected chi connectivity index (χ2v) is 5.36. The number of rotatable bonds is 3. The third-order valence-corrected chi connectivity index (χ3v) is 3.71. The van der Waals surface area contributed by atoms with Gasteiger partial charge in [-0.25, -0.2) is 0 Å². The lowest BCUT2D eigenvalue weighted by Gasteiger charge is -2.21. The molecule has 1 unspecified atom stereocenters. The van der Waals surface area contributed by atoms with Crippen molar-refractivity contribution in [1.82, 2.24) is 0 Å². The largest absolute Gasteiger partial charge is 0.418 e. The lowest BCUT2D eigenvalue weighted by molar-refractivity contribution is -0.137. The predicted molar refractivity (Wildman–Crippen MR) is 79.9 cm³/mol. The van der Waals surface area contributed by atoms with Gasteiger partial charge in [-0.05, 0) is 30.7 Å². The number of halogens is 5. The normalized spacial score (nSPS) is 13.0. The SMILES string of the molecule is CC(Nc1c(Cl)cccc1C(F)(F)F)c1ccccc1Cl. The van der Waals surface area contributed by atoms with Crippen LogP contribution in [0.2, 0.25) is 10.0 Å². The van der Waals surface area contributed by atoms with Gasteiger partial charge in [-0.15, -0.1) is 0 Å². The number of hydrogen-bond acceptors (Lipinski definition) is 1. The summed E-state index contributed by atoms with van der Waals surface area (Å²) in [5.41, 5.74) is -0.236. The second-order valence-electron chi connectivity index (χ2n) is 4.55. The first-order chi connectivity index (χ1) is 9.80. The Morgan fingerprint density at radius 3 is 2.19 bits per heavy atom. The molecule has 1 atom stereocenters. The first kappa shape index (κ1) is 16.0. The monoisotopic (exact) mass is 333 g/mol. The van der Waals surface area contributed by atoms with Gasteiger partial charge in [0.05, 0.1) is 22.3 Å². The summed E-state index contributed by atoms with van der Waals surface area (Å²) >= 11 is 12.0. The minimum Gasteiger partial charge on any atom is -0.377 e. The molecule has 6 heteroatoms. The van der Waals surface area contributed by atoms with Gasteiger partial charge in [-0.2, -0.15) is 13.2 Å². The fourth-order valence-corrected chi connectivity index (χ4v) is 2.56. The van der Waals surface area contributed by atoms with Crippen molar-refractivity contribution in [2.24, 2.45) is 0 Å². The summed E-state index contributed by atoms with van der Waals surface area (Å²) in [7, 11) is 0. The highest BCUT2D eigenvalue weighted by Gasteiger charge is 2.34. The van der Waals surface area contributed by atoms with E-state index >= 15 is 0 Å². The molecule has 0 heterocycles. The molecule has 0 aromatic heterocycles. The van der Waals surface area contributed by atoms with E-state index in [0.29, 0.717) is 10.6 Å². The van der Waals surface area contributed by atoms with Crippen LogP contribution in [0.25, 0.3) is 0 Å². The second kappa shape index (κ2) is 6.16. The van der Waals surface area contributed by atoms with Crippen molar-refractivity contribution in [2.75, 3.05) is 5.32 Å². The van der Waals surface area contributed by atoms with Crippen LogP contribution in [0.15, 0.2) is 42.5 Å². The van der Waals surface area contributed by atoms with Gasteiger partial charge in [-0.3, -0.25) is 0 Å². The van der Waals surface area contributed by atoms with Crippen molar-refractivity contribution in [3.05, 3.63) is 63.6 Å². The minimum atomic E-state index is -4.48. The highest BCUT2D eigenvalue weighted by atomic mass is 35.5. The van der Waals surface area contributed by atoms with Crippen LogP contribution < -0.4 is 5.32 Å². The van der Waals surface area contributed by atoms with Crippen LogP contribution >= 0.6 is 23.2 Å². The Morgan fingerprint density at radius 1 is 0.952 bits per heavy atom. The van der Waals surface area contributed by atoms with Crippen LogP contribution in [0.4, 0.5) is 18.9 Å². The molecule has 2 aromatic carbocycles. The summed E-state index contributed by atoms with van der Waals surface area (Å²) in [5, 5.41) is 3.31. The topological polar surface area (TPSA) is 12.0 Å². The van der Waals surface area contributed by atoms with Crippen LogP contribution in [0, 0.1) is 0 Å². The molecule has 0 radical (unpaired) electrons. The Hall–Kier alpha value is -1.39. The van der Waals surface area contributed by atoms with Gasteiger partial charge in [0.25, 0.3) is 0 Å². The average molecular weight is 334 g/mol. The molecule has 0 spiro atoms. The van der Waals surface area contributed by atoms with E-state index in [0.717, 1.165) is 6.07 Å². The van der Waals surface area contributed by atoms with E-state index < -0.39 is 17.8 Å². The van der Waals surface area contributed by atoms with E-state index in [1.54, 1.807) is 31.2 Å². The molecule has 112 valence electrons. The lowest BCUT2D eigenvalue weighted by Crippen LogP contribution is -2.14. The van der Waals surface area contributed by atoms with Crippen LogP contribution in [0.5, 0.6) is 0 Å². The summed E-state index contributed by atoms with van der Waals surface area (Å²) < 4.78 is 39.1. The molecule has 0 aliphatic rings. The van der Waals surface area contributed by atoms with E-state index in [1.165, 1.54) is 12.1 Å². The van der Waals surface area contributed by atoms with Gasteiger partial charge in [0.15, 0.2) is 0 Å². The summed E-state index contributed by atoms with van der Waals surface area (Å²) in [4.78, 5) is 0. The molecule has 1 nitrogen and oxygen atoms in total. The lowest BCUT2D eigenvalue weighted by atomic mass is 10.1. The van der Waals surface area contributed by atoms with E-state index in [1.807, 2.05) is 0 Å². The average Bonchev–Trinajstić information content (AvgIpc) is 2.40. The molecule has 0 saturated carbocycles. The highest BCUT2D eigenvalue weighted by molar-refractivity contribution is 6.33. The van der Waals surface area contributed by atoms with Gasteiger partial charge in [0.2, 0.25) is 0 Å². The molecule has 0 aliphatic carbocycles. The molecule has 1 N–H and O–H groups in total. The number of alkyl halides is 3. The number of nitrogens with one attached hydrogen (secondary N) is 1. The van der Waals surface area contributed by atoms with E-state index in [2.05, 4.69) is 5.32 Å². The Kier molecular flexibility index (Phi) is 4.69. The number of para-hydroxylation sites is 1. The zero-order valence-corrected chi connectivity index (χ0v) is 12.5. The molecule has 0 aliphatic heterocycles. The van der Waals surface area contributed by atoms with E-state index in [9.17, 15) is 13.2 Å². The number of hydrogen-bond donors (Lipinski definition) is 1. The molecule has 0 fully saturated rings. The first-order valence-corrected chi connectivity index (χ1v) is 6.93. The van der Waals surface area contributed by atoms with Gasteiger partial charge in [0, 0.05) is 5.02 Å². The van der Waals surface area contributed by atoms with Crippen LogP contribution in [0.3, 0.4) is 0 Å². The highest BCUT2D eigenvalue weighted by Crippen LogP contribution is 2.40. The van der Waals surface area contributed by atoms with Crippen LogP contribution in [-0.4, -0.2) is 0 Å². The van der Waals surface area contributed by atoms with Crippen molar-refractivity contribution in [3.8, 4) is 0 Å². The van der Waals surface area contributed by atoms with Crippen molar-refractivity contribution in [1.29, 1.82) is 0 Å². The molecule has 21 heavy (non-hydrogen) atoms. The predicted octanol–water partition coefficient (Wildman–Crippen LogP) is 6.19. The molecule has 2 aromatic rings. The fourth-order valence-electron chi connectivity index (χ4n) is 2.03. The summed E-state index contributed by atoms with van der Waals surface area (Å²) in [6, 6.07) is 10.2. The van der Waals surface area contributed by atoms with Gasteiger partial charge >= 0.3 is 6.18 Å². The zero-order valence-electron chi connectivity index (χ0n) is 11.0. The van der Waals surface area contributed by atoms with Crippen molar-refractivity contribution >= 4 is 28.9 Å². The molecule has 2 rings (SSSR count). The summed E-state index contributed by atoms with van der Waals surface area (Å²) in [5.74, 6) is 0. The van der Waals surface area contributed by atoms with Crippen molar-refractivity contribution in [2.45, 2.75) is 19.1 Å². The third-order valence-electron chi connectivity index (χ3n) is 3.05. The van der Waals surface area contributed by atoms with Crippen LogP contribution in [0.1, 0.15) is 24.1 Å². The molecule has 0 amide bonds. The maximum Gasteiger partial charge on any atom is 0.418 e. The minimum absolute atomic E-state index is 0.0173. The Balaban J connectivity index is 2.38. The number of anilines is 1. The van der Waals surface area contributed by atoms with Crippen molar-refractivity contribution in [3.63, 3.8) is 0 Å². The summed E-state index contributed by atoms with van der Waals surface area (Å²) in [6.45, 7) is 1.73. The Morgan fingerprint density at radius 2 is 1.57 bits per heavy atom. The van der Waals surface area contributed by atoms with Crippen LogP contribution in [-0.2, 0) is 6.18 Å². The van der Waals surface area contributed by atoms with E-state index in [-0.39, 0.29) is 10.7 Å². The fraction of sp³-hybridized carbons (Fsp3) is 0.200. The first-order valence-electron chi connectivity index (χ1n) is 6.17. The Bertz CT molecular complexity index is 641. The molecular formula is C15H12Cl2F3N. The molecular weight excluding hydrogens is 322 g/mol. The van der Waals surface area contributed by atoms with Gasteiger partial charge < -0.3 is 5.32 Å². The molecule has 0 saturated heterocycles. The smallest absolute Gasteiger partial charge is 0.377 e. The zero-order chi connectivity index (χ0) is 15.6. The molecule has 0 bridgehead atoms. The standard InChI is InChI=1S/C15H12Cl2F3N/c1-9(10-5-2-3-7-12(10)16)21-14-11(15(18,19)20)6-4-8-13(14)17/h2-9,21H,1H3.